The van der Waals surface area contributed by atoms with Crippen LogP contribution in [0.1, 0.15) is 71.8 Å². The summed E-state index contributed by atoms with van der Waals surface area (Å²) in [5.74, 6) is 0. The van der Waals surface area contributed by atoms with Gasteiger partial charge in [0.05, 0.1) is 21.9 Å². The van der Waals surface area contributed by atoms with Crippen molar-refractivity contribution in [2.75, 3.05) is 4.90 Å². The minimum absolute atomic E-state index is 0.0418. The van der Waals surface area contributed by atoms with Crippen molar-refractivity contribution < 1.29 is 24.7 Å². The van der Waals surface area contributed by atoms with Gasteiger partial charge in [-0.1, -0.05) is 208 Å². The molecular weight excluding hydrogens is 759 g/mol. The van der Waals surface area contributed by atoms with Gasteiger partial charge in [-0.05, 0) is 131 Å². The average molecular weight is 822 g/mol. The maximum atomic E-state index is 10.0. The summed E-state index contributed by atoms with van der Waals surface area (Å²) in [5.41, 5.74) is 1.06. The number of benzene rings is 10. The molecule has 0 amide bonds. The minimum Gasteiger partial charge on any atom is -0.310 e. The molecule has 0 aliphatic heterocycles. The summed E-state index contributed by atoms with van der Waals surface area (Å²) < 4.78 is 163. The van der Waals surface area contributed by atoms with Gasteiger partial charge in [0.15, 0.2) is 0 Å². The van der Waals surface area contributed by atoms with Crippen LogP contribution in [0.4, 0.5) is 17.1 Å². The Morgan fingerprint density at radius 3 is 1.83 bits per heavy atom. The molecule has 0 aromatic heterocycles. The van der Waals surface area contributed by atoms with Crippen LogP contribution < -0.4 is 4.90 Å². The highest BCUT2D eigenvalue weighted by molar-refractivity contribution is 6.05. The Morgan fingerprint density at radius 1 is 0.413 bits per heavy atom. The van der Waals surface area contributed by atoms with Gasteiger partial charge in [-0.2, -0.15) is 0 Å². The van der Waals surface area contributed by atoms with E-state index in [4.69, 9.17) is 17.8 Å². The van der Waals surface area contributed by atoms with Crippen molar-refractivity contribution in [1.82, 2.24) is 0 Å². The molecule has 10 aromatic rings. The quantitative estimate of drug-likeness (QED) is 0.155. The molecule has 0 unspecified atom stereocenters. The van der Waals surface area contributed by atoms with E-state index in [1.54, 1.807) is 12.1 Å². The monoisotopic (exact) mass is 821 g/mol. The maximum absolute atomic E-state index is 10.0. The third kappa shape index (κ3) is 5.63. The first-order valence-electron chi connectivity index (χ1n) is 29.6. The van der Waals surface area contributed by atoms with E-state index in [-0.39, 0.29) is 5.69 Å². The summed E-state index contributed by atoms with van der Waals surface area (Å²) in [7, 11) is 0. The molecule has 0 spiro atoms. The third-order valence-corrected chi connectivity index (χ3v) is 12.5. The zero-order valence-corrected chi connectivity index (χ0v) is 33.5. The number of nitrogens with zero attached hydrogens (tertiary/aromatic N) is 1. The second kappa shape index (κ2) is 14.4. The largest absolute Gasteiger partial charge is 0.310 e. The number of hydrogen-bond acceptors (Lipinski definition) is 1. The standard InChI is InChI=1S/C62H45N/c1-61(2)56-28-16-14-26-52(56)54-39-36-49(41-58(54)61)63(47-23-10-5-11-24-47)48-34-30-43(31-35-48)51-37-32-42-18-12-13-25-50(42)60(51)44-33-38-55-53-27-15-17-29-57(53)62(59(55)40-44,45-19-6-3-7-20-45)46-21-8-4-9-22-46/h3-41H,1-2H3/i1D3,2D3,5D,10D,11D,14D,16D,23D,24D,26D,28D,36D,39D,41D. The van der Waals surface area contributed by atoms with Gasteiger partial charge in [-0.25, -0.2) is 0 Å². The first-order chi connectivity index (χ1) is 38.5. The molecule has 1 nitrogen and oxygen atoms in total. The SMILES string of the molecule is [2H]c1c([2H])c([2H])c(N(c2ccc(-c3ccc4ccccc4c3-c3ccc4c(c3)C(c3ccccc3)(c3ccccc3)c3ccccc3-4)cc2)c2c([2H])c([2H])c3c(c2[2H])C(C([2H])([2H])[2H])(C([2H])([2H])[2H])c2c([2H])c([2H])c([2H])c([2H])c2-3)c([2H])c1[2H]. The number of para-hydroxylation sites is 1. The number of anilines is 3. The van der Waals surface area contributed by atoms with Crippen LogP contribution in [0.2, 0.25) is 0 Å². The number of rotatable bonds is 7. The average Bonchev–Trinajstić information content (AvgIpc) is 1.71. The summed E-state index contributed by atoms with van der Waals surface area (Å²) in [5, 5.41) is 1.88. The third-order valence-electron chi connectivity index (χ3n) is 12.5. The van der Waals surface area contributed by atoms with Crippen molar-refractivity contribution in [3.05, 3.63) is 270 Å². The molecule has 2 aliphatic carbocycles. The molecule has 0 atom stereocenters. The molecule has 1 heteroatoms. The Balaban J connectivity index is 1.11. The molecule has 63 heavy (non-hydrogen) atoms. The van der Waals surface area contributed by atoms with Gasteiger partial charge in [0.1, 0.15) is 0 Å². The molecule has 2 aliphatic rings. The Bertz CT molecular complexity index is 4200. The highest BCUT2D eigenvalue weighted by Crippen LogP contribution is 2.57. The maximum Gasteiger partial charge on any atom is 0.0713 e. The van der Waals surface area contributed by atoms with Gasteiger partial charge in [0.25, 0.3) is 0 Å². The van der Waals surface area contributed by atoms with E-state index in [1.165, 1.54) is 12.1 Å². The van der Waals surface area contributed by atoms with Gasteiger partial charge in [-0.15, -0.1) is 0 Å². The first-order valence-corrected chi connectivity index (χ1v) is 20.6. The van der Waals surface area contributed by atoms with E-state index in [9.17, 15) is 6.85 Å². The van der Waals surface area contributed by atoms with Crippen molar-refractivity contribution in [2.24, 2.45) is 0 Å². The second-order valence-corrected chi connectivity index (χ2v) is 15.8. The zero-order valence-electron chi connectivity index (χ0n) is 51.5. The van der Waals surface area contributed by atoms with Gasteiger partial charge >= 0.3 is 0 Å². The van der Waals surface area contributed by atoms with Crippen molar-refractivity contribution >= 4 is 27.8 Å². The predicted molar refractivity (Wildman–Crippen MR) is 264 cm³/mol. The van der Waals surface area contributed by atoms with Crippen LogP contribution in [0, 0.1) is 0 Å². The fourth-order valence-corrected chi connectivity index (χ4v) is 9.82. The second-order valence-electron chi connectivity index (χ2n) is 15.8. The van der Waals surface area contributed by atoms with Crippen LogP contribution in [-0.4, -0.2) is 0 Å². The van der Waals surface area contributed by atoms with Crippen molar-refractivity contribution in [3.63, 3.8) is 0 Å². The summed E-state index contributed by atoms with van der Waals surface area (Å²) >= 11 is 0. The van der Waals surface area contributed by atoms with Crippen molar-refractivity contribution in [1.29, 1.82) is 0 Å². The van der Waals surface area contributed by atoms with Crippen LogP contribution in [0.3, 0.4) is 0 Å². The molecule has 0 fully saturated rings. The molecule has 0 radical (unpaired) electrons. The number of hydrogen-bond donors (Lipinski definition) is 0. The van der Waals surface area contributed by atoms with E-state index in [0.29, 0.717) is 5.56 Å². The molecule has 0 saturated carbocycles. The lowest BCUT2D eigenvalue weighted by molar-refractivity contribution is 0.660. The smallest absolute Gasteiger partial charge is 0.0713 e. The summed E-state index contributed by atoms with van der Waals surface area (Å²) in [6.07, 6.45) is 0. The summed E-state index contributed by atoms with van der Waals surface area (Å²) in [6.45, 7) is -7.43. The van der Waals surface area contributed by atoms with Gasteiger partial charge in [-0.3, -0.25) is 0 Å². The van der Waals surface area contributed by atoms with Crippen LogP contribution >= 0.6 is 0 Å². The molecule has 10 aromatic carbocycles. The van der Waals surface area contributed by atoms with Crippen molar-refractivity contribution in [3.8, 4) is 44.5 Å². The van der Waals surface area contributed by atoms with E-state index >= 15 is 0 Å². The van der Waals surface area contributed by atoms with Crippen LogP contribution in [0.25, 0.3) is 55.3 Å². The van der Waals surface area contributed by atoms with E-state index in [2.05, 4.69) is 60.7 Å². The summed E-state index contributed by atoms with van der Waals surface area (Å²) in [4.78, 5) is 0.959. The topological polar surface area (TPSA) is 3.24 Å². The Morgan fingerprint density at radius 2 is 1.05 bits per heavy atom. The van der Waals surface area contributed by atoms with Crippen LogP contribution in [-0.2, 0) is 10.8 Å². The highest BCUT2D eigenvalue weighted by atomic mass is 15.1. The molecular formula is C62H45N. The van der Waals surface area contributed by atoms with E-state index < -0.39 is 131 Å². The van der Waals surface area contributed by atoms with Gasteiger partial charge < -0.3 is 4.90 Å². The molecule has 0 N–H and O–H groups in total. The van der Waals surface area contributed by atoms with Crippen molar-refractivity contribution in [2.45, 2.75) is 24.5 Å². The lowest BCUT2D eigenvalue weighted by Crippen LogP contribution is -2.28. The fraction of sp³-hybridized carbons (Fsp3) is 0.0645. The molecule has 0 bridgehead atoms. The van der Waals surface area contributed by atoms with Gasteiger partial charge in [0, 0.05) is 30.7 Å². The predicted octanol–water partition coefficient (Wildman–Crippen LogP) is 16.3. The van der Waals surface area contributed by atoms with Crippen LogP contribution in [0.15, 0.2) is 236 Å². The normalized spacial score (nSPS) is 18.3. The lowest BCUT2D eigenvalue weighted by atomic mass is 9.67. The summed E-state index contributed by atoms with van der Waals surface area (Å²) in [6, 6.07) is 43.7. The van der Waals surface area contributed by atoms with Gasteiger partial charge in [0.2, 0.25) is 0 Å². The number of fused-ring (bicyclic) bond motifs is 7. The van der Waals surface area contributed by atoms with E-state index in [1.807, 2.05) is 78.9 Å². The zero-order chi connectivity index (χ0) is 57.6. The molecule has 0 saturated heterocycles. The Hall–Kier alpha value is -7.74. The van der Waals surface area contributed by atoms with Crippen LogP contribution in [0.5, 0.6) is 0 Å². The Kier molecular flexibility index (Phi) is 5.25. The minimum atomic E-state index is -3.71. The molecule has 298 valence electrons. The van der Waals surface area contributed by atoms with E-state index in [0.717, 1.165) is 65.7 Å². The lowest BCUT2D eigenvalue weighted by Gasteiger charge is -2.34. The highest BCUT2D eigenvalue weighted by Gasteiger charge is 2.46. The molecule has 0 heterocycles. The fourth-order valence-electron chi connectivity index (χ4n) is 9.82. The Labute approximate surface area is 395 Å². The first kappa shape index (κ1) is 22.9. The molecule has 12 rings (SSSR count).